The average molecular weight is 296 g/mol. The number of benzene rings is 1. The number of halogens is 2. The minimum Gasteiger partial charge on any atom is -0.207 e. The Bertz CT molecular complexity index is 500. The van der Waals surface area contributed by atoms with Crippen LogP contribution in [0.3, 0.4) is 0 Å². The van der Waals surface area contributed by atoms with Crippen molar-refractivity contribution in [3.63, 3.8) is 0 Å². The molecular formula is C19H30F2. The second-order valence-electron chi connectivity index (χ2n) is 9.01. The first-order valence-electron chi connectivity index (χ1n) is 7.74. The van der Waals surface area contributed by atoms with Gasteiger partial charge in [0.05, 0.1) is 0 Å². The molecule has 0 unspecified atom stereocenters. The Balaban J connectivity index is 3.17. The third-order valence-electron chi connectivity index (χ3n) is 4.09. The summed E-state index contributed by atoms with van der Waals surface area (Å²) in [6.45, 7) is 16.2. The van der Waals surface area contributed by atoms with Crippen LogP contribution < -0.4 is 0 Å². The monoisotopic (exact) mass is 296 g/mol. The van der Waals surface area contributed by atoms with Gasteiger partial charge in [-0.25, -0.2) is 8.78 Å². The molecule has 0 amide bonds. The van der Waals surface area contributed by atoms with Gasteiger partial charge in [-0.2, -0.15) is 0 Å². The Kier molecular flexibility index (Phi) is 4.92. The normalized spacial score (nSPS) is 13.6. The van der Waals surface area contributed by atoms with Crippen LogP contribution in [0.1, 0.15) is 79.4 Å². The van der Waals surface area contributed by atoms with Crippen molar-refractivity contribution < 1.29 is 8.78 Å². The minimum atomic E-state index is -0.390. The molecule has 1 rings (SSSR count). The lowest BCUT2D eigenvalue weighted by atomic mass is 9.74. The fraction of sp³-hybridized carbons (Fsp3) is 0.684. The van der Waals surface area contributed by atoms with E-state index in [1.807, 2.05) is 34.6 Å². The predicted octanol–water partition coefficient (Wildman–Crippen LogP) is 6.37. The highest BCUT2D eigenvalue weighted by molar-refractivity contribution is 5.34. The maximum Gasteiger partial charge on any atom is 0.127 e. The molecule has 0 spiro atoms. The van der Waals surface area contributed by atoms with Crippen LogP contribution in [0.25, 0.3) is 0 Å². The summed E-state index contributed by atoms with van der Waals surface area (Å²) in [6, 6.07) is 2.78. The average Bonchev–Trinajstić information content (AvgIpc) is 2.27. The highest BCUT2D eigenvalue weighted by Gasteiger charge is 2.29. The summed E-state index contributed by atoms with van der Waals surface area (Å²) < 4.78 is 28.9. The Morgan fingerprint density at radius 1 is 0.714 bits per heavy atom. The van der Waals surface area contributed by atoms with Crippen LogP contribution in [0.15, 0.2) is 12.1 Å². The third kappa shape index (κ3) is 4.79. The van der Waals surface area contributed by atoms with E-state index >= 15 is 0 Å². The van der Waals surface area contributed by atoms with E-state index in [4.69, 9.17) is 0 Å². The van der Waals surface area contributed by atoms with Gasteiger partial charge in [0.1, 0.15) is 11.6 Å². The number of rotatable bonds is 3. The second kappa shape index (κ2) is 5.70. The summed E-state index contributed by atoms with van der Waals surface area (Å²) in [5.41, 5.74) is 0.360. The van der Waals surface area contributed by atoms with E-state index in [-0.39, 0.29) is 27.9 Å². The SMILES string of the molecule is CC(C)(C)CCC(C)(C)c1cc(F)c(C(C)(C)C)cc1F. The predicted molar refractivity (Wildman–Crippen MR) is 86.8 cm³/mol. The fourth-order valence-corrected chi connectivity index (χ4v) is 2.46. The lowest BCUT2D eigenvalue weighted by molar-refractivity contribution is 0.309. The maximum absolute atomic E-state index is 14.5. The van der Waals surface area contributed by atoms with Crippen molar-refractivity contribution in [2.45, 2.75) is 79.1 Å². The fourth-order valence-electron chi connectivity index (χ4n) is 2.46. The summed E-state index contributed by atoms with van der Waals surface area (Å²) in [7, 11) is 0. The van der Waals surface area contributed by atoms with Crippen molar-refractivity contribution in [1.29, 1.82) is 0 Å². The standard InChI is InChI=1S/C19H30F2/c1-17(2,3)9-10-19(7,8)14-12-15(20)13(11-16(14)21)18(4,5)6/h11-12H,9-10H2,1-8H3. The van der Waals surface area contributed by atoms with E-state index in [9.17, 15) is 8.78 Å². The first kappa shape index (κ1) is 18.1. The Hall–Kier alpha value is -0.920. The first-order chi connectivity index (χ1) is 9.24. The van der Waals surface area contributed by atoms with E-state index in [2.05, 4.69) is 20.8 Å². The van der Waals surface area contributed by atoms with E-state index in [0.717, 1.165) is 12.8 Å². The molecule has 0 radical (unpaired) electrons. The molecule has 0 nitrogen and oxygen atoms in total. The molecule has 1 aromatic carbocycles. The molecule has 120 valence electrons. The van der Waals surface area contributed by atoms with Crippen molar-refractivity contribution in [1.82, 2.24) is 0 Å². The van der Waals surface area contributed by atoms with Crippen LogP contribution in [0.4, 0.5) is 8.78 Å². The van der Waals surface area contributed by atoms with Crippen LogP contribution in [-0.2, 0) is 10.8 Å². The van der Waals surface area contributed by atoms with Crippen molar-refractivity contribution in [2.75, 3.05) is 0 Å². The highest BCUT2D eigenvalue weighted by atomic mass is 19.1. The van der Waals surface area contributed by atoms with Gasteiger partial charge < -0.3 is 0 Å². The van der Waals surface area contributed by atoms with Gasteiger partial charge in [0.25, 0.3) is 0 Å². The summed E-state index contributed by atoms with van der Waals surface area (Å²) in [5.74, 6) is -0.594. The molecule has 0 bridgehead atoms. The topological polar surface area (TPSA) is 0 Å². The van der Waals surface area contributed by atoms with Gasteiger partial charge in [0, 0.05) is 0 Å². The summed E-state index contributed by atoms with van der Waals surface area (Å²) in [4.78, 5) is 0. The molecular weight excluding hydrogens is 266 g/mol. The van der Waals surface area contributed by atoms with Gasteiger partial charge in [-0.15, -0.1) is 0 Å². The molecule has 21 heavy (non-hydrogen) atoms. The van der Waals surface area contributed by atoms with Gasteiger partial charge in [0.2, 0.25) is 0 Å². The number of hydrogen-bond acceptors (Lipinski definition) is 0. The lowest BCUT2D eigenvalue weighted by Crippen LogP contribution is -2.23. The molecule has 0 aliphatic carbocycles. The van der Waals surface area contributed by atoms with Crippen LogP contribution >= 0.6 is 0 Å². The van der Waals surface area contributed by atoms with E-state index in [1.165, 1.54) is 12.1 Å². The zero-order valence-corrected chi connectivity index (χ0v) is 14.8. The molecule has 0 heterocycles. The van der Waals surface area contributed by atoms with Crippen LogP contribution in [0.5, 0.6) is 0 Å². The van der Waals surface area contributed by atoms with Crippen LogP contribution in [0, 0.1) is 17.0 Å². The Labute approximate surface area is 129 Å². The molecule has 0 aromatic heterocycles. The molecule has 2 heteroatoms. The highest BCUT2D eigenvalue weighted by Crippen LogP contribution is 2.37. The van der Waals surface area contributed by atoms with Crippen molar-refractivity contribution in [2.24, 2.45) is 5.41 Å². The van der Waals surface area contributed by atoms with Crippen molar-refractivity contribution in [3.05, 3.63) is 34.9 Å². The second-order valence-corrected chi connectivity index (χ2v) is 9.01. The molecule has 0 fully saturated rings. The molecule has 1 aromatic rings. The van der Waals surface area contributed by atoms with E-state index < -0.39 is 0 Å². The zero-order chi connectivity index (χ0) is 16.6. The molecule has 0 atom stereocenters. The van der Waals surface area contributed by atoms with Gasteiger partial charge in [-0.05, 0) is 52.3 Å². The van der Waals surface area contributed by atoms with Gasteiger partial charge in [0.15, 0.2) is 0 Å². The van der Waals surface area contributed by atoms with Crippen molar-refractivity contribution >= 4 is 0 Å². The van der Waals surface area contributed by atoms with Gasteiger partial charge in [-0.3, -0.25) is 0 Å². The van der Waals surface area contributed by atoms with E-state index in [1.54, 1.807) is 0 Å². The van der Waals surface area contributed by atoms with Gasteiger partial charge >= 0.3 is 0 Å². The Morgan fingerprint density at radius 2 is 1.14 bits per heavy atom. The smallest absolute Gasteiger partial charge is 0.127 e. The Morgan fingerprint density at radius 3 is 1.57 bits per heavy atom. The third-order valence-corrected chi connectivity index (χ3v) is 4.09. The summed E-state index contributed by atoms with van der Waals surface area (Å²) in [5, 5.41) is 0. The minimum absolute atomic E-state index is 0.192. The van der Waals surface area contributed by atoms with E-state index in [0.29, 0.717) is 11.1 Å². The first-order valence-corrected chi connectivity index (χ1v) is 7.74. The van der Waals surface area contributed by atoms with Crippen LogP contribution in [-0.4, -0.2) is 0 Å². The number of hydrogen-bond donors (Lipinski definition) is 0. The zero-order valence-electron chi connectivity index (χ0n) is 14.8. The largest absolute Gasteiger partial charge is 0.207 e. The molecule has 0 saturated heterocycles. The molecule has 0 aliphatic rings. The summed E-state index contributed by atoms with van der Waals surface area (Å²) in [6.07, 6.45) is 1.81. The van der Waals surface area contributed by atoms with Crippen LogP contribution in [0.2, 0.25) is 0 Å². The molecule has 0 N–H and O–H groups in total. The molecule has 0 saturated carbocycles. The molecule has 0 aliphatic heterocycles. The van der Waals surface area contributed by atoms with Gasteiger partial charge in [-0.1, -0.05) is 55.4 Å². The van der Waals surface area contributed by atoms with Crippen molar-refractivity contribution in [3.8, 4) is 0 Å². The lowest BCUT2D eigenvalue weighted by Gasteiger charge is -2.31. The quantitative estimate of drug-likeness (QED) is 0.608. The maximum atomic E-state index is 14.5. The summed E-state index contributed by atoms with van der Waals surface area (Å²) >= 11 is 0.